The van der Waals surface area contributed by atoms with E-state index in [9.17, 15) is 9.59 Å². The molecule has 0 fully saturated rings. The standard InChI is InChI=1S/C18H25NO4/c1-5-6-11-18(3,4)23-17(21)22-16(20)13(2)12-14-7-9-15(19)10-8-14/h7-10,12H,5-6,11,19H2,1-4H3. The zero-order chi connectivity index (χ0) is 17.5. The highest BCUT2D eigenvalue weighted by Crippen LogP contribution is 2.19. The lowest BCUT2D eigenvalue weighted by Gasteiger charge is -2.23. The van der Waals surface area contributed by atoms with Crippen LogP contribution < -0.4 is 5.73 Å². The van der Waals surface area contributed by atoms with Crippen LogP contribution in [0.15, 0.2) is 29.8 Å². The minimum Gasteiger partial charge on any atom is -0.428 e. The van der Waals surface area contributed by atoms with Crippen LogP contribution in [0.4, 0.5) is 10.5 Å². The second-order valence-electron chi connectivity index (χ2n) is 6.10. The van der Waals surface area contributed by atoms with E-state index in [0.717, 1.165) is 18.4 Å². The number of benzene rings is 1. The number of carbonyl (C=O) groups is 2. The van der Waals surface area contributed by atoms with Gasteiger partial charge in [-0.1, -0.05) is 25.5 Å². The van der Waals surface area contributed by atoms with Crippen LogP contribution >= 0.6 is 0 Å². The van der Waals surface area contributed by atoms with Gasteiger partial charge < -0.3 is 15.2 Å². The minimum absolute atomic E-state index is 0.304. The Balaban J connectivity index is 2.60. The van der Waals surface area contributed by atoms with Gasteiger partial charge in [-0.2, -0.15) is 0 Å². The molecule has 23 heavy (non-hydrogen) atoms. The van der Waals surface area contributed by atoms with Gasteiger partial charge in [0.05, 0.1) is 0 Å². The molecule has 0 bridgehead atoms. The highest BCUT2D eigenvalue weighted by molar-refractivity contribution is 5.97. The van der Waals surface area contributed by atoms with Crippen molar-refractivity contribution in [3.63, 3.8) is 0 Å². The first kappa shape index (κ1) is 18.7. The molecule has 5 nitrogen and oxygen atoms in total. The van der Waals surface area contributed by atoms with Crippen molar-refractivity contribution < 1.29 is 19.1 Å². The van der Waals surface area contributed by atoms with Crippen molar-refractivity contribution in [3.8, 4) is 0 Å². The normalized spacial score (nSPS) is 11.9. The Hall–Kier alpha value is -2.30. The zero-order valence-electron chi connectivity index (χ0n) is 14.2. The minimum atomic E-state index is -0.971. The third-order valence-corrected chi connectivity index (χ3v) is 3.31. The van der Waals surface area contributed by atoms with E-state index in [1.54, 1.807) is 51.1 Å². The van der Waals surface area contributed by atoms with Crippen LogP contribution in [0.2, 0.25) is 0 Å². The first-order valence-corrected chi connectivity index (χ1v) is 7.72. The molecule has 0 aliphatic carbocycles. The Kier molecular flexibility index (Phi) is 6.82. The lowest BCUT2D eigenvalue weighted by Crippen LogP contribution is -2.29. The topological polar surface area (TPSA) is 78.6 Å². The van der Waals surface area contributed by atoms with Gasteiger partial charge in [-0.25, -0.2) is 9.59 Å². The van der Waals surface area contributed by atoms with Gasteiger partial charge in [0, 0.05) is 11.3 Å². The SMILES string of the molecule is CCCCC(C)(C)OC(=O)OC(=O)C(C)=Cc1ccc(N)cc1. The molecule has 0 aliphatic heterocycles. The summed E-state index contributed by atoms with van der Waals surface area (Å²) in [4.78, 5) is 23.6. The van der Waals surface area contributed by atoms with E-state index < -0.39 is 17.7 Å². The molecular formula is C18H25NO4. The Bertz CT molecular complexity index is 573. The summed E-state index contributed by atoms with van der Waals surface area (Å²) in [7, 11) is 0. The van der Waals surface area contributed by atoms with Crippen molar-refractivity contribution in [2.75, 3.05) is 5.73 Å². The number of nitrogens with two attached hydrogens (primary N) is 1. The largest absolute Gasteiger partial charge is 0.516 e. The van der Waals surface area contributed by atoms with Crippen molar-refractivity contribution >= 4 is 23.9 Å². The summed E-state index contributed by atoms with van der Waals surface area (Å²) in [6.45, 7) is 7.23. The fraction of sp³-hybridized carbons (Fsp3) is 0.444. The monoisotopic (exact) mass is 319 g/mol. The Labute approximate surface area is 137 Å². The average Bonchev–Trinajstić information content (AvgIpc) is 2.46. The molecule has 0 radical (unpaired) electrons. The van der Waals surface area contributed by atoms with E-state index in [2.05, 4.69) is 6.92 Å². The molecule has 0 saturated carbocycles. The second-order valence-corrected chi connectivity index (χ2v) is 6.10. The fourth-order valence-electron chi connectivity index (χ4n) is 1.96. The molecular weight excluding hydrogens is 294 g/mol. The number of esters is 1. The average molecular weight is 319 g/mol. The first-order valence-electron chi connectivity index (χ1n) is 7.72. The third kappa shape index (κ3) is 7.00. The summed E-state index contributed by atoms with van der Waals surface area (Å²) in [6.07, 6.45) is 3.31. The maximum atomic E-state index is 11.9. The summed E-state index contributed by atoms with van der Waals surface area (Å²) in [6, 6.07) is 7.01. The lowest BCUT2D eigenvalue weighted by atomic mass is 10.0. The van der Waals surface area contributed by atoms with Crippen LogP contribution in [-0.4, -0.2) is 17.7 Å². The Morgan fingerprint density at radius 3 is 2.39 bits per heavy atom. The van der Waals surface area contributed by atoms with Gasteiger partial charge in [0.1, 0.15) is 5.60 Å². The number of carbonyl (C=O) groups excluding carboxylic acids is 2. The van der Waals surface area contributed by atoms with Crippen LogP contribution in [0, 0.1) is 0 Å². The summed E-state index contributed by atoms with van der Waals surface area (Å²) in [5.74, 6) is -0.724. The molecule has 0 heterocycles. The molecule has 0 aromatic heterocycles. The summed E-state index contributed by atoms with van der Waals surface area (Å²) < 4.78 is 9.93. The van der Waals surface area contributed by atoms with Crippen molar-refractivity contribution in [2.24, 2.45) is 0 Å². The number of nitrogen functional groups attached to an aromatic ring is 1. The van der Waals surface area contributed by atoms with Gasteiger partial charge in [0.2, 0.25) is 0 Å². The fourth-order valence-corrected chi connectivity index (χ4v) is 1.96. The van der Waals surface area contributed by atoms with Crippen molar-refractivity contribution in [1.82, 2.24) is 0 Å². The first-order chi connectivity index (χ1) is 10.7. The van der Waals surface area contributed by atoms with Crippen molar-refractivity contribution in [3.05, 3.63) is 35.4 Å². The molecule has 5 heteroatoms. The molecule has 0 unspecified atom stereocenters. The van der Waals surface area contributed by atoms with E-state index in [-0.39, 0.29) is 0 Å². The van der Waals surface area contributed by atoms with Crippen molar-refractivity contribution in [2.45, 2.75) is 52.6 Å². The van der Waals surface area contributed by atoms with E-state index in [1.165, 1.54) is 0 Å². The molecule has 0 atom stereocenters. The maximum Gasteiger partial charge on any atom is 0.516 e. The summed E-state index contributed by atoms with van der Waals surface area (Å²) >= 11 is 0. The molecule has 0 aliphatic rings. The smallest absolute Gasteiger partial charge is 0.428 e. The third-order valence-electron chi connectivity index (χ3n) is 3.31. The number of ether oxygens (including phenoxy) is 2. The number of hydrogen-bond donors (Lipinski definition) is 1. The Morgan fingerprint density at radius 1 is 1.22 bits per heavy atom. The highest BCUT2D eigenvalue weighted by Gasteiger charge is 2.25. The molecule has 0 saturated heterocycles. The van der Waals surface area contributed by atoms with Crippen LogP contribution in [0.25, 0.3) is 6.08 Å². The molecule has 1 aromatic rings. The molecule has 0 spiro atoms. The van der Waals surface area contributed by atoms with Crippen LogP contribution in [0.1, 0.15) is 52.5 Å². The van der Waals surface area contributed by atoms with Crippen LogP contribution in [0.3, 0.4) is 0 Å². The van der Waals surface area contributed by atoms with Crippen molar-refractivity contribution in [1.29, 1.82) is 0 Å². The van der Waals surface area contributed by atoms with E-state index in [0.29, 0.717) is 17.7 Å². The van der Waals surface area contributed by atoms with E-state index in [4.69, 9.17) is 15.2 Å². The zero-order valence-corrected chi connectivity index (χ0v) is 14.2. The molecule has 1 rings (SSSR count). The van der Waals surface area contributed by atoms with Gasteiger partial charge in [-0.15, -0.1) is 0 Å². The highest BCUT2D eigenvalue weighted by atomic mass is 16.7. The maximum absolute atomic E-state index is 11.9. The quantitative estimate of drug-likeness (QED) is 0.365. The predicted molar refractivity (Wildman–Crippen MR) is 90.7 cm³/mol. The van der Waals surface area contributed by atoms with Crippen LogP contribution in [-0.2, 0) is 14.3 Å². The lowest BCUT2D eigenvalue weighted by molar-refractivity contribution is -0.137. The van der Waals surface area contributed by atoms with Gasteiger partial charge >= 0.3 is 12.1 Å². The molecule has 126 valence electrons. The predicted octanol–water partition coefficient (Wildman–Crippen LogP) is 4.32. The van der Waals surface area contributed by atoms with Gasteiger partial charge in [-0.05, 0) is 57.4 Å². The molecule has 2 N–H and O–H groups in total. The van der Waals surface area contributed by atoms with Gasteiger partial charge in [0.15, 0.2) is 0 Å². The summed E-state index contributed by atoms with van der Waals surface area (Å²) in [5.41, 5.74) is 6.69. The number of rotatable bonds is 6. The van der Waals surface area contributed by atoms with E-state index in [1.807, 2.05) is 0 Å². The molecule has 1 aromatic carbocycles. The Morgan fingerprint density at radius 2 is 1.83 bits per heavy atom. The number of hydrogen-bond acceptors (Lipinski definition) is 5. The van der Waals surface area contributed by atoms with E-state index >= 15 is 0 Å². The summed E-state index contributed by atoms with van der Waals surface area (Å²) in [5, 5.41) is 0. The number of unbranched alkanes of at least 4 members (excludes halogenated alkanes) is 1. The van der Waals surface area contributed by atoms with Gasteiger partial charge in [-0.3, -0.25) is 0 Å². The number of anilines is 1. The second kappa shape index (κ2) is 8.36. The molecule has 0 amide bonds. The van der Waals surface area contributed by atoms with Crippen LogP contribution in [0.5, 0.6) is 0 Å². The van der Waals surface area contributed by atoms with Gasteiger partial charge in [0.25, 0.3) is 0 Å².